The highest BCUT2D eigenvalue weighted by molar-refractivity contribution is 5.91. The lowest BCUT2D eigenvalue weighted by molar-refractivity contribution is 0.472. The van der Waals surface area contributed by atoms with Crippen LogP contribution in [-0.2, 0) is 20.1 Å². The minimum atomic E-state index is 0.173. The van der Waals surface area contributed by atoms with Gasteiger partial charge in [-0.25, -0.2) is 4.98 Å². The van der Waals surface area contributed by atoms with Gasteiger partial charge in [-0.1, -0.05) is 0 Å². The zero-order valence-electron chi connectivity index (χ0n) is 15.3. The first-order valence-corrected chi connectivity index (χ1v) is 8.66. The van der Waals surface area contributed by atoms with Gasteiger partial charge in [0.1, 0.15) is 22.8 Å². The number of aryl methyl sites for hydroxylation is 4. The number of fused-ring (bicyclic) bond motifs is 1. The van der Waals surface area contributed by atoms with Crippen LogP contribution < -0.4 is 0 Å². The summed E-state index contributed by atoms with van der Waals surface area (Å²) in [5, 5.41) is 20.1. The van der Waals surface area contributed by atoms with Gasteiger partial charge in [-0.3, -0.25) is 14.3 Å². The van der Waals surface area contributed by atoms with Gasteiger partial charge in [-0.15, -0.1) is 0 Å². The van der Waals surface area contributed by atoms with Crippen LogP contribution in [0.15, 0.2) is 24.7 Å². The lowest BCUT2D eigenvalue weighted by Gasteiger charge is -2.04. The van der Waals surface area contributed by atoms with E-state index in [1.807, 2.05) is 41.7 Å². The van der Waals surface area contributed by atoms with Crippen molar-refractivity contribution in [3.63, 3.8) is 0 Å². The third-order valence-electron chi connectivity index (χ3n) is 4.64. The van der Waals surface area contributed by atoms with E-state index in [1.54, 1.807) is 17.8 Å². The highest BCUT2D eigenvalue weighted by Gasteiger charge is 2.21. The van der Waals surface area contributed by atoms with Crippen LogP contribution in [-0.4, -0.2) is 39.2 Å². The van der Waals surface area contributed by atoms with Gasteiger partial charge in [0.15, 0.2) is 11.6 Å². The highest BCUT2D eigenvalue weighted by Crippen LogP contribution is 2.34. The van der Waals surface area contributed by atoms with Crippen LogP contribution in [0.2, 0.25) is 0 Å². The molecule has 0 unspecified atom stereocenters. The van der Waals surface area contributed by atoms with Crippen LogP contribution in [0, 0.1) is 6.92 Å². The van der Waals surface area contributed by atoms with Gasteiger partial charge >= 0.3 is 0 Å². The average Bonchev–Trinajstić information content (AvgIpc) is 3.31. The molecule has 0 saturated heterocycles. The summed E-state index contributed by atoms with van der Waals surface area (Å²) in [5.74, 6) is 0.925. The highest BCUT2D eigenvalue weighted by atomic mass is 16.3. The topological polar surface area (TPSA) is 86.6 Å². The molecular formula is C18H21N7O. The molecule has 0 fully saturated rings. The van der Waals surface area contributed by atoms with Crippen LogP contribution in [0.1, 0.15) is 19.5 Å². The second-order valence-corrected chi connectivity index (χ2v) is 6.19. The van der Waals surface area contributed by atoms with E-state index in [0.717, 1.165) is 29.0 Å². The molecule has 134 valence electrons. The van der Waals surface area contributed by atoms with Gasteiger partial charge in [0, 0.05) is 37.9 Å². The van der Waals surface area contributed by atoms with Crippen molar-refractivity contribution >= 4 is 10.9 Å². The van der Waals surface area contributed by atoms with Gasteiger partial charge in [-0.2, -0.15) is 10.2 Å². The molecule has 0 aliphatic carbocycles. The number of hydrogen-bond donors (Lipinski definition) is 1. The van der Waals surface area contributed by atoms with E-state index in [2.05, 4.69) is 22.1 Å². The summed E-state index contributed by atoms with van der Waals surface area (Å²) in [6.07, 6.45) is 5.52. The van der Waals surface area contributed by atoms with E-state index in [-0.39, 0.29) is 5.75 Å². The number of imidazole rings is 1. The first kappa shape index (κ1) is 16.3. The van der Waals surface area contributed by atoms with Crippen LogP contribution in [0.4, 0.5) is 0 Å². The predicted octanol–water partition coefficient (Wildman–Crippen LogP) is 2.75. The van der Waals surface area contributed by atoms with Crippen molar-refractivity contribution in [1.82, 2.24) is 34.1 Å². The Morgan fingerprint density at radius 1 is 1.19 bits per heavy atom. The van der Waals surface area contributed by atoms with E-state index in [4.69, 9.17) is 4.98 Å². The molecule has 0 saturated carbocycles. The fourth-order valence-electron chi connectivity index (χ4n) is 3.27. The van der Waals surface area contributed by atoms with Gasteiger partial charge in [0.2, 0.25) is 0 Å². The third kappa shape index (κ3) is 2.29. The monoisotopic (exact) mass is 351 g/mol. The van der Waals surface area contributed by atoms with Crippen molar-refractivity contribution in [2.24, 2.45) is 7.05 Å². The van der Waals surface area contributed by atoms with Crippen molar-refractivity contribution in [3.05, 3.63) is 30.4 Å². The van der Waals surface area contributed by atoms with Gasteiger partial charge in [0.05, 0.1) is 11.7 Å². The number of aromatic nitrogens is 7. The van der Waals surface area contributed by atoms with Crippen molar-refractivity contribution in [2.45, 2.75) is 33.9 Å². The number of nitrogens with zero attached hydrogens (tertiary/aromatic N) is 7. The second-order valence-electron chi connectivity index (χ2n) is 6.19. The maximum absolute atomic E-state index is 10.5. The van der Waals surface area contributed by atoms with E-state index in [1.165, 1.54) is 0 Å². The number of aromatic hydroxyl groups is 1. The molecule has 4 heterocycles. The van der Waals surface area contributed by atoms with E-state index >= 15 is 0 Å². The zero-order chi connectivity index (χ0) is 18.4. The van der Waals surface area contributed by atoms with Crippen molar-refractivity contribution < 1.29 is 5.11 Å². The molecule has 0 atom stereocenters. The van der Waals surface area contributed by atoms with Gasteiger partial charge < -0.3 is 9.67 Å². The van der Waals surface area contributed by atoms with Crippen LogP contribution in [0.3, 0.4) is 0 Å². The smallest absolute Gasteiger partial charge is 0.166 e. The number of rotatable bonds is 4. The molecule has 4 rings (SSSR count). The van der Waals surface area contributed by atoms with E-state index in [0.29, 0.717) is 23.6 Å². The molecule has 8 nitrogen and oxygen atoms in total. The van der Waals surface area contributed by atoms with Crippen molar-refractivity contribution in [2.75, 3.05) is 0 Å². The standard InChI is InChI=1S/C18H21N7O/c1-5-24-10-13(16-17(26)11(3)22-25(16)6-2)21-18(24)15-12-9-20-23(4)14(12)7-8-19-15/h7-10,26H,5-6H2,1-4H3. The van der Waals surface area contributed by atoms with Crippen LogP contribution in [0.5, 0.6) is 5.75 Å². The maximum atomic E-state index is 10.5. The van der Waals surface area contributed by atoms with Crippen molar-refractivity contribution in [3.8, 4) is 28.7 Å². The predicted molar refractivity (Wildman–Crippen MR) is 98.7 cm³/mol. The molecule has 0 spiro atoms. The van der Waals surface area contributed by atoms with Gasteiger partial charge in [-0.05, 0) is 26.8 Å². The molecule has 0 amide bonds. The molecule has 0 aliphatic rings. The molecule has 26 heavy (non-hydrogen) atoms. The second kappa shape index (κ2) is 5.98. The Balaban J connectivity index is 1.95. The SMILES string of the molecule is CCn1cc(-c2c(O)c(C)nn2CC)nc1-c1nccc2c1cnn2C. The first-order chi connectivity index (χ1) is 12.5. The Morgan fingerprint density at radius 3 is 2.73 bits per heavy atom. The lowest BCUT2D eigenvalue weighted by atomic mass is 10.2. The zero-order valence-corrected chi connectivity index (χ0v) is 15.3. The van der Waals surface area contributed by atoms with E-state index in [9.17, 15) is 5.11 Å². The summed E-state index contributed by atoms with van der Waals surface area (Å²) < 4.78 is 5.63. The van der Waals surface area contributed by atoms with Crippen LogP contribution in [0.25, 0.3) is 33.8 Å². The molecule has 4 aromatic rings. The summed E-state index contributed by atoms with van der Waals surface area (Å²) in [4.78, 5) is 9.36. The lowest BCUT2D eigenvalue weighted by Crippen LogP contribution is -1.99. The summed E-state index contributed by atoms with van der Waals surface area (Å²) in [7, 11) is 1.91. The third-order valence-corrected chi connectivity index (χ3v) is 4.64. The molecule has 0 aliphatic heterocycles. The summed E-state index contributed by atoms with van der Waals surface area (Å²) in [6.45, 7) is 7.23. The van der Waals surface area contributed by atoms with Crippen LogP contribution >= 0.6 is 0 Å². The Morgan fingerprint density at radius 2 is 2.00 bits per heavy atom. The summed E-state index contributed by atoms with van der Waals surface area (Å²) in [6, 6.07) is 1.94. The largest absolute Gasteiger partial charge is 0.504 e. The molecular weight excluding hydrogens is 330 g/mol. The summed E-state index contributed by atoms with van der Waals surface area (Å²) in [5.41, 5.74) is 3.70. The Hall–Kier alpha value is -3.16. The molecule has 4 aromatic heterocycles. The number of pyridine rings is 1. The summed E-state index contributed by atoms with van der Waals surface area (Å²) >= 11 is 0. The number of hydrogen-bond acceptors (Lipinski definition) is 5. The maximum Gasteiger partial charge on any atom is 0.166 e. The Bertz CT molecular complexity index is 1100. The fourth-order valence-corrected chi connectivity index (χ4v) is 3.27. The minimum Gasteiger partial charge on any atom is -0.504 e. The molecule has 8 heteroatoms. The minimum absolute atomic E-state index is 0.173. The molecule has 1 N–H and O–H groups in total. The van der Waals surface area contributed by atoms with Gasteiger partial charge in [0.25, 0.3) is 0 Å². The average molecular weight is 351 g/mol. The first-order valence-electron chi connectivity index (χ1n) is 8.66. The van der Waals surface area contributed by atoms with Crippen molar-refractivity contribution in [1.29, 1.82) is 0 Å². The fraction of sp³-hybridized carbons (Fsp3) is 0.333. The quantitative estimate of drug-likeness (QED) is 0.611. The normalized spacial score (nSPS) is 11.5. The molecule has 0 radical (unpaired) electrons. The molecule has 0 bridgehead atoms. The Labute approximate surface area is 150 Å². The molecule has 0 aromatic carbocycles. The van der Waals surface area contributed by atoms with E-state index < -0.39 is 0 Å². The Kier molecular flexibility index (Phi) is 3.75.